The Morgan fingerprint density at radius 2 is 1.81 bits per heavy atom. The van der Waals surface area contributed by atoms with Crippen LogP contribution in [-0.2, 0) is 26.8 Å². The number of carboxylic acids is 2. The van der Waals surface area contributed by atoms with Gasteiger partial charge in [-0.15, -0.1) is 0 Å². The van der Waals surface area contributed by atoms with Crippen molar-refractivity contribution in [1.82, 2.24) is 0 Å². The Bertz CT molecular complexity index is 486. The Balaban J connectivity index is 2.33. The highest BCUT2D eigenvalue weighted by Crippen LogP contribution is 2.11. The normalized spacial score (nSPS) is 13.5. The molecule has 116 valence electrons. The van der Waals surface area contributed by atoms with Crippen LogP contribution in [0.25, 0.3) is 0 Å². The summed E-state index contributed by atoms with van der Waals surface area (Å²) in [5.41, 5.74) is 1.16. The molecule has 0 heterocycles. The first kappa shape index (κ1) is 17.4. The second kappa shape index (κ2) is 9.28. The molecule has 0 saturated heterocycles. The Hall–Kier alpha value is -1.69. The van der Waals surface area contributed by atoms with Crippen LogP contribution in [0.3, 0.4) is 0 Å². The summed E-state index contributed by atoms with van der Waals surface area (Å²) < 4.78 is 11.9. The van der Waals surface area contributed by atoms with Crippen LogP contribution in [-0.4, -0.2) is 37.9 Å². The average Bonchev–Trinajstić information content (AvgIpc) is 2.44. The number of rotatable bonds is 10. The fourth-order valence-corrected chi connectivity index (χ4v) is 3.36. The molecule has 0 radical (unpaired) electrons. The van der Waals surface area contributed by atoms with E-state index >= 15 is 0 Å². The van der Waals surface area contributed by atoms with Crippen molar-refractivity contribution in [2.24, 2.45) is 5.92 Å². The maximum absolute atomic E-state index is 11.9. The predicted molar refractivity (Wildman–Crippen MR) is 80.6 cm³/mol. The van der Waals surface area contributed by atoms with E-state index in [0.717, 1.165) is 18.4 Å². The SMILES string of the molecule is O=C(O)CCC(CS(=O)CCCc1ccccc1)C(=O)O. The van der Waals surface area contributed by atoms with Gasteiger partial charge in [0.15, 0.2) is 0 Å². The molecule has 0 aliphatic carbocycles. The first-order chi connectivity index (χ1) is 9.99. The molecule has 0 saturated carbocycles. The van der Waals surface area contributed by atoms with Crippen molar-refractivity contribution >= 4 is 22.7 Å². The van der Waals surface area contributed by atoms with E-state index in [-0.39, 0.29) is 18.6 Å². The maximum atomic E-state index is 11.9. The van der Waals surface area contributed by atoms with Gasteiger partial charge in [-0.1, -0.05) is 30.3 Å². The topological polar surface area (TPSA) is 91.7 Å². The minimum atomic E-state index is -1.23. The summed E-state index contributed by atoms with van der Waals surface area (Å²) in [5.74, 6) is -2.49. The number of benzene rings is 1. The van der Waals surface area contributed by atoms with E-state index in [0.29, 0.717) is 5.75 Å². The number of hydrogen-bond donors (Lipinski definition) is 2. The average molecular weight is 312 g/mol. The lowest BCUT2D eigenvalue weighted by molar-refractivity contribution is -0.142. The molecule has 0 spiro atoms. The molecule has 0 fully saturated rings. The molecule has 0 aromatic heterocycles. The minimum Gasteiger partial charge on any atom is -0.481 e. The van der Waals surface area contributed by atoms with E-state index < -0.39 is 28.7 Å². The van der Waals surface area contributed by atoms with Gasteiger partial charge in [0.25, 0.3) is 0 Å². The van der Waals surface area contributed by atoms with E-state index in [1.165, 1.54) is 0 Å². The third kappa shape index (κ3) is 7.60. The largest absolute Gasteiger partial charge is 0.481 e. The van der Waals surface area contributed by atoms with Crippen molar-refractivity contribution in [3.05, 3.63) is 35.9 Å². The van der Waals surface area contributed by atoms with Gasteiger partial charge in [-0.05, 0) is 24.8 Å². The van der Waals surface area contributed by atoms with E-state index in [2.05, 4.69) is 0 Å². The molecule has 0 amide bonds. The van der Waals surface area contributed by atoms with Gasteiger partial charge in [0.2, 0.25) is 0 Å². The molecule has 21 heavy (non-hydrogen) atoms. The zero-order chi connectivity index (χ0) is 15.7. The van der Waals surface area contributed by atoms with Gasteiger partial charge < -0.3 is 10.2 Å². The summed E-state index contributed by atoms with van der Waals surface area (Å²) in [6.45, 7) is 0. The van der Waals surface area contributed by atoms with E-state index in [1.807, 2.05) is 30.3 Å². The molecule has 0 aliphatic heterocycles. The zero-order valence-electron chi connectivity index (χ0n) is 11.7. The summed E-state index contributed by atoms with van der Waals surface area (Å²) in [6, 6.07) is 9.81. The number of aliphatic carboxylic acids is 2. The van der Waals surface area contributed by atoms with Crippen molar-refractivity contribution < 1.29 is 24.0 Å². The Labute approximate surface area is 126 Å². The second-order valence-corrected chi connectivity index (χ2v) is 6.49. The smallest absolute Gasteiger partial charge is 0.307 e. The summed E-state index contributed by atoms with van der Waals surface area (Å²) >= 11 is 0. The van der Waals surface area contributed by atoms with Crippen LogP contribution >= 0.6 is 0 Å². The predicted octanol–water partition coefficient (Wildman–Crippen LogP) is 1.93. The monoisotopic (exact) mass is 312 g/mol. The third-order valence-corrected chi connectivity index (χ3v) is 4.64. The van der Waals surface area contributed by atoms with Crippen molar-refractivity contribution in [3.8, 4) is 0 Å². The van der Waals surface area contributed by atoms with Crippen LogP contribution in [0.1, 0.15) is 24.8 Å². The highest BCUT2D eigenvalue weighted by molar-refractivity contribution is 7.85. The van der Waals surface area contributed by atoms with Gasteiger partial charge in [-0.2, -0.15) is 0 Å². The molecule has 0 bridgehead atoms. The van der Waals surface area contributed by atoms with Crippen LogP contribution in [0.2, 0.25) is 0 Å². The molecule has 1 aromatic carbocycles. The molecule has 1 aromatic rings. The second-order valence-electron chi connectivity index (χ2n) is 4.87. The quantitative estimate of drug-likeness (QED) is 0.689. The lowest BCUT2D eigenvalue weighted by Gasteiger charge is -2.10. The first-order valence-electron chi connectivity index (χ1n) is 6.82. The number of hydrogen-bond acceptors (Lipinski definition) is 3. The molecule has 2 N–H and O–H groups in total. The van der Waals surface area contributed by atoms with Gasteiger partial charge in [-0.25, -0.2) is 0 Å². The molecule has 2 atom stereocenters. The van der Waals surface area contributed by atoms with Crippen LogP contribution in [0.4, 0.5) is 0 Å². The zero-order valence-corrected chi connectivity index (χ0v) is 12.6. The van der Waals surface area contributed by atoms with Gasteiger partial charge in [-0.3, -0.25) is 13.8 Å². The first-order valence-corrected chi connectivity index (χ1v) is 8.31. The fraction of sp³-hybridized carbons (Fsp3) is 0.467. The van der Waals surface area contributed by atoms with Crippen molar-refractivity contribution in [2.45, 2.75) is 25.7 Å². The highest BCUT2D eigenvalue weighted by Gasteiger charge is 2.21. The van der Waals surface area contributed by atoms with Crippen LogP contribution in [0.5, 0.6) is 0 Å². The minimum absolute atomic E-state index is 0.0229. The lowest BCUT2D eigenvalue weighted by Crippen LogP contribution is -2.23. The van der Waals surface area contributed by atoms with E-state index in [9.17, 15) is 13.8 Å². The highest BCUT2D eigenvalue weighted by atomic mass is 32.2. The number of aryl methyl sites for hydroxylation is 1. The van der Waals surface area contributed by atoms with Gasteiger partial charge >= 0.3 is 11.9 Å². The Kier molecular flexibility index (Phi) is 7.68. The number of carbonyl (C=O) groups is 2. The molecule has 6 heteroatoms. The molecule has 0 aliphatic rings. The summed E-state index contributed by atoms with van der Waals surface area (Å²) in [4.78, 5) is 21.5. The molecule has 2 unspecified atom stereocenters. The van der Waals surface area contributed by atoms with Crippen molar-refractivity contribution in [1.29, 1.82) is 0 Å². The standard InChI is InChI=1S/C15H20O5S/c16-14(17)9-8-13(15(18)19)11-21(20)10-4-7-12-5-2-1-3-6-12/h1-3,5-6,13H,4,7-11H2,(H,16,17)(H,18,19). The van der Waals surface area contributed by atoms with Crippen molar-refractivity contribution in [2.75, 3.05) is 11.5 Å². The van der Waals surface area contributed by atoms with Gasteiger partial charge in [0, 0.05) is 28.7 Å². The van der Waals surface area contributed by atoms with Gasteiger partial charge in [0.05, 0.1) is 5.92 Å². The van der Waals surface area contributed by atoms with Crippen LogP contribution in [0.15, 0.2) is 30.3 Å². The lowest BCUT2D eigenvalue weighted by atomic mass is 10.1. The van der Waals surface area contributed by atoms with Crippen LogP contribution in [0, 0.1) is 5.92 Å². The number of carboxylic acid groups (broad SMARTS) is 2. The van der Waals surface area contributed by atoms with Crippen LogP contribution < -0.4 is 0 Å². The maximum Gasteiger partial charge on any atom is 0.307 e. The van der Waals surface area contributed by atoms with Gasteiger partial charge in [0.1, 0.15) is 0 Å². The molecular formula is C15H20O5S. The summed E-state index contributed by atoms with van der Waals surface area (Å²) in [7, 11) is -1.23. The van der Waals surface area contributed by atoms with E-state index in [1.54, 1.807) is 0 Å². The third-order valence-electron chi connectivity index (χ3n) is 3.12. The molecular weight excluding hydrogens is 292 g/mol. The molecule has 1 rings (SSSR count). The Morgan fingerprint density at radius 1 is 1.14 bits per heavy atom. The summed E-state index contributed by atoms with van der Waals surface area (Å²) in [6.07, 6.45) is 1.34. The van der Waals surface area contributed by atoms with E-state index in [4.69, 9.17) is 10.2 Å². The fourth-order valence-electron chi connectivity index (χ4n) is 1.97. The van der Waals surface area contributed by atoms with Crippen molar-refractivity contribution in [3.63, 3.8) is 0 Å². The Morgan fingerprint density at radius 3 is 2.38 bits per heavy atom. The summed E-state index contributed by atoms with van der Waals surface area (Å²) in [5, 5.41) is 17.6. The molecule has 5 nitrogen and oxygen atoms in total.